The lowest BCUT2D eigenvalue weighted by Crippen LogP contribution is -2.29. The number of sulfonamides is 1. The number of hydrogen-bond donors (Lipinski definition) is 2. The highest BCUT2D eigenvalue weighted by molar-refractivity contribution is 7.92. The van der Waals surface area contributed by atoms with E-state index in [0.717, 1.165) is 12.7 Å². The highest BCUT2D eigenvalue weighted by Gasteiger charge is 2.20. The van der Waals surface area contributed by atoms with Crippen molar-refractivity contribution in [1.29, 1.82) is 0 Å². The van der Waals surface area contributed by atoms with Crippen LogP contribution >= 0.6 is 11.6 Å². The summed E-state index contributed by atoms with van der Waals surface area (Å²) >= 11 is 6.21. The topological polar surface area (TPSA) is 95.6 Å². The average Bonchev–Trinajstić information content (AvgIpc) is 2.81. The van der Waals surface area contributed by atoms with Crippen LogP contribution in [0.2, 0.25) is 5.02 Å². The summed E-state index contributed by atoms with van der Waals surface area (Å²) in [5, 5.41) is 6.03. The van der Waals surface area contributed by atoms with E-state index < -0.39 is 15.9 Å². The lowest BCUT2D eigenvalue weighted by Gasteiger charge is -2.23. The summed E-state index contributed by atoms with van der Waals surface area (Å²) in [5.41, 5.74) is 2.14. The molecule has 0 spiro atoms. The number of nitrogens with zero attached hydrogens (tertiary/aromatic N) is 1. The molecular weight excluding hydrogens is 474 g/mol. The van der Waals surface area contributed by atoms with E-state index in [1.165, 1.54) is 16.4 Å². The Bertz CT molecular complexity index is 1280. The van der Waals surface area contributed by atoms with E-state index in [1.807, 2.05) is 6.92 Å². The van der Waals surface area contributed by atoms with Crippen molar-refractivity contribution in [3.8, 4) is 0 Å². The zero-order chi connectivity index (χ0) is 24.7. The van der Waals surface area contributed by atoms with Crippen LogP contribution in [0.3, 0.4) is 0 Å². The SMILES string of the molecule is CCCNC(=O)c1ccccc1NC(=O)c1ccc(N(Cc2ccccc2Cl)S(C)(=O)=O)cc1. The molecular formula is C25H26ClN3O4S. The second-order valence-corrected chi connectivity index (χ2v) is 9.98. The van der Waals surface area contributed by atoms with Crippen LogP contribution in [-0.4, -0.2) is 33.0 Å². The van der Waals surface area contributed by atoms with Gasteiger partial charge in [-0.1, -0.05) is 48.9 Å². The molecule has 7 nitrogen and oxygen atoms in total. The maximum absolute atomic E-state index is 12.8. The Morgan fingerprint density at radius 2 is 1.56 bits per heavy atom. The van der Waals surface area contributed by atoms with Gasteiger partial charge in [0.05, 0.1) is 29.7 Å². The van der Waals surface area contributed by atoms with Crippen LogP contribution < -0.4 is 14.9 Å². The smallest absolute Gasteiger partial charge is 0.255 e. The molecule has 0 atom stereocenters. The molecule has 0 bridgehead atoms. The summed E-state index contributed by atoms with van der Waals surface area (Å²) in [6, 6.07) is 20.0. The highest BCUT2D eigenvalue weighted by Crippen LogP contribution is 2.25. The van der Waals surface area contributed by atoms with Crippen molar-refractivity contribution in [2.45, 2.75) is 19.9 Å². The molecule has 9 heteroatoms. The Labute approximate surface area is 204 Å². The van der Waals surface area contributed by atoms with Gasteiger partial charge in [-0.15, -0.1) is 0 Å². The number of amides is 2. The second kappa shape index (κ2) is 11.2. The third kappa shape index (κ3) is 6.36. The quantitative estimate of drug-likeness (QED) is 0.446. The fourth-order valence-electron chi connectivity index (χ4n) is 3.28. The molecule has 3 aromatic rings. The Morgan fingerprint density at radius 3 is 2.21 bits per heavy atom. The summed E-state index contributed by atoms with van der Waals surface area (Å²) < 4.78 is 26.1. The summed E-state index contributed by atoms with van der Waals surface area (Å²) in [5.74, 6) is -0.684. The van der Waals surface area contributed by atoms with Gasteiger partial charge in [-0.05, 0) is 54.4 Å². The molecule has 0 unspecified atom stereocenters. The lowest BCUT2D eigenvalue weighted by atomic mass is 10.1. The Balaban J connectivity index is 1.80. The van der Waals surface area contributed by atoms with Gasteiger partial charge in [-0.2, -0.15) is 0 Å². The number of anilines is 2. The van der Waals surface area contributed by atoms with Crippen LogP contribution in [0.1, 0.15) is 39.6 Å². The van der Waals surface area contributed by atoms with Gasteiger partial charge in [0.2, 0.25) is 10.0 Å². The minimum Gasteiger partial charge on any atom is -0.352 e. The van der Waals surface area contributed by atoms with Crippen molar-refractivity contribution >= 4 is 44.8 Å². The molecule has 0 aromatic heterocycles. The fourth-order valence-corrected chi connectivity index (χ4v) is 4.35. The van der Waals surface area contributed by atoms with Crippen LogP contribution in [0.15, 0.2) is 72.8 Å². The first-order valence-corrected chi connectivity index (χ1v) is 12.9. The van der Waals surface area contributed by atoms with Crippen molar-refractivity contribution in [2.75, 3.05) is 22.4 Å². The molecule has 3 aromatic carbocycles. The van der Waals surface area contributed by atoms with Gasteiger partial charge < -0.3 is 10.6 Å². The van der Waals surface area contributed by atoms with Crippen LogP contribution in [0.25, 0.3) is 0 Å². The molecule has 0 aliphatic rings. The maximum Gasteiger partial charge on any atom is 0.255 e. The van der Waals surface area contributed by atoms with Crippen molar-refractivity contribution in [3.63, 3.8) is 0 Å². The second-order valence-electron chi connectivity index (χ2n) is 7.66. The molecule has 2 amide bonds. The first kappa shape index (κ1) is 25.3. The van der Waals surface area contributed by atoms with Gasteiger partial charge >= 0.3 is 0 Å². The Morgan fingerprint density at radius 1 is 0.912 bits per heavy atom. The third-order valence-corrected chi connectivity index (χ3v) is 6.55. The molecule has 0 radical (unpaired) electrons. The Kier molecular flexibility index (Phi) is 8.31. The predicted molar refractivity (Wildman–Crippen MR) is 136 cm³/mol. The number of carbonyl (C=O) groups is 2. The van der Waals surface area contributed by atoms with E-state index >= 15 is 0 Å². The predicted octanol–water partition coefficient (Wildman–Crippen LogP) is 4.70. The van der Waals surface area contributed by atoms with Crippen molar-refractivity contribution in [2.24, 2.45) is 0 Å². The minimum absolute atomic E-state index is 0.0598. The average molecular weight is 500 g/mol. The molecule has 3 rings (SSSR count). The molecule has 0 fully saturated rings. The summed E-state index contributed by atoms with van der Waals surface area (Å²) in [6.07, 6.45) is 1.92. The first-order chi connectivity index (χ1) is 16.2. The Hall–Kier alpha value is -3.36. The highest BCUT2D eigenvalue weighted by atomic mass is 35.5. The molecule has 0 saturated heterocycles. The number of hydrogen-bond acceptors (Lipinski definition) is 4. The van der Waals surface area contributed by atoms with E-state index in [9.17, 15) is 18.0 Å². The zero-order valence-electron chi connectivity index (χ0n) is 18.9. The first-order valence-electron chi connectivity index (χ1n) is 10.7. The van der Waals surface area contributed by atoms with E-state index in [1.54, 1.807) is 60.7 Å². The molecule has 0 saturated carbocycles. The van der Waals surface area contributed by atoms with Gasteiger partial charge in [0.15, 0.2) is 0 Å². The van der Waals surface area contributed by atoms with E-state index in [0.29, 0.717) is 39.6 Å². The van der Waals surface area contributed by atoms with Crippen LogP contribution in [0.5, 0.6) is 0 Å². The number of benzene rings is 3. The third-order valence-electron chi connectivity index (χ3n) is 5.05. The van der Waals surface area contributed by atoms with Crippen LogP contribution in [-0.2, 0) is 16.6 Å². The molecule has 0 heterocycles. The molecule has 178 valence electrons. The zero-order valence-corrected chi connectivity index (χ0v) is 20.5. The van der Waals surface area contributed by atoms with Crippen molar-refractivity contribution < 1.29 is 18.0 Å². The van der Waals surface area contributed by atoms with Crippen LogP contribution in [0.4, 0.5) is 11.4 Å². The molecule has 0 aliphatic heterocycles. The monoisotopic (exact) mass is 499 g/mol. The van der Waals surface area contributed by atoms with Gasteiger partial charge in [0.1, 0.15) is 0 Å². The summed E-state index contributed by atoms with van der Waals surface area (Å²) in [7, 11) is -3.61. The summed E-state index contributed by atoms with van der Waals surface area (Å²) in [4.78, 5) is 25.2. The summed E-state index contributed by atoms with van der Waals surface area (Å²) in [6.45, 7) is 2.55. The number of nitrogens with one attached hydrogen (secondary N) is 2. The van der Waals surface area contributed by atoms with Gasteiger partial charge in [0, 0.05) is 17.1 Å². The number of carbonyl (C=O) groups excluding carboxylic acids is 2. The molecule has 34 heavy (non-hydrogen) atoms. The molecule has 0 aliphatic carbocycles. The van der Waals surface area contributed by atoms with Gasteiger partial charge in [0.25, 0.3) is 11.8 Å². The van der Waals surface area contributed by atoms with E-state index in [4.69, 9.17) is 11.6 Å². The standard InChI is InChI=1S/C25H26ClN3O4S/c1-3-16-27-25(31)21-9-5-7-11-23(21)28-24(30)18-12-14-20(15-13-18)29(34(2,32)33)17-19-8-4-6-10-22(19)26/h4-15H,3,16-17H2,1-2H3,(H,27,31)(H,28,30). The fraction of sp³-hybridized carbons (Fsp3) is 0.200. The number of halogens is 1. The maximum atomic E-state index is 12.8. The van der Waals surface area contributed by atoms with Gasteiger partial charge in [-0.3, -0.25) is 13.9 Å². The number of rotatable bonds is 9. The largest absolute Gasteiger partial charge is 0.352 e. The van der Waals surface area contributed by atoms with E-state index in [2.05, 4.69) is 10.6 Å². The van der Waals surface area contributed by atoms with Crippen molar-refractivity contribution in [1.82, 2.24) is 5.32 Å². The normalized spacial score (nSPS) is 11.0. The van der Waals surface area contributed by atoms with Crippen molar-refractivity contribution in [3.05, 3.63) is 94.5 Å². The number of para-hydroxylation sites is 1. The van der Waals surface area contributed by atoms with Gasteiger partial charge in [-0.25, -0.2) is 8.42 Å². The van der Waals surface area contributed by atoms with E-state index in [-0.39, 0.29) is 12.5 Å². The molecule has 2 N–H and O–H groups in total. The van der Waals surface area contributed by atoms with Crippen LogP contribution in [0, 0.1) is 0 Å². The minimum atomic E-state index is -3.61. The lowest BCUT2D eigenvalue weighted by molar-refractivity contribution is 0.0954.